The normalized spacial score (nSPS) is 10.2. The minimum absolute atomic E-state index is 0.136. The molecule has 0 radical (unpaired) electrons. The number of aryl methyl sites for hydroxylation is 1. The average molecular weight is 289 g/mol. The number of hydrogen-bond donors (Lipinski definition) is 1. The summed E-state index contributed by atoms with van der Waals surface area (Å²) >= 11 is 0. The van der Waals surface area contributed by atoms with Crippen LogP contribution in [0.1, 0.15) is 11.1 Å². The van der Waals surface area contributed by atoms with Gasteiger partial charge >= 0.3 is 0 Å². The van der Waals surface area contributed by atoms with Gasteiger partial charge in [0.25, 0.3) is 0 Å². The largest absolute Gasteiger partial charge is 0.489 e. The van der Waals surface area contributed by atoms with Crippen LogP contribution in [0.3, 0.4) is 0 Å². The molecule has 0 heterocycles. The summed E-state index contributed by atoms with van der Waals surface area (Å²) in [5, 5.41) is 2.89. The fourth-order valence-electron chi connectivity index (χ4n) is 1.91. The summed E-state index contributed by atoms with van der Waals surface area (Å²) in [4.78, 5) is 0. The molecule has 0 aliphatic rings. The number of benzene rings is 2. The SMILES string of the molecule is C=CCOc1ccccc1CNc1cc(F)c(C)cc1F. The Bertz CT molecular complexity index is 641. The van der Waals surface area contributed by atoms with E-state index in [1.807, 2.05) is 24.3 Å². The number of hydrogen-bond acceptors (Lipinski definition) is 2. The van der Waals surface area contributed by atoms with Gasteiger partial charge in [-0.2, -0.15) is 0 Å². The van der Waals surface area contributed by atoms with Crippen molar-refractivity contribution in [2.75, 3.05) is 11.9 Å². The minimum atomic E-state index is -0.474. The van der Waals surface area contributed by atoms with Crippen LogP contribution in [0.25, 0.3) is 0 Å². The Balaban J connectivity index is 2.13. The number of rotatable bonds is 6. The maximum absolute atomic E-state index is 13.8. The summed E-state index contributed by atoms with van der Waals surface area (Å²) in [5.74, 6) is -0.216. The second-order valence-electron chi connectivity index (χ2n) is 4.64. The van der Waals surface area contributed by atoms with Crippen molar-refractivity contribution in [2.24, 2.45) is 0 Å². The molecule has 2 rings (SSSR count). The highest BCUT2D eigenvalue weighted by molar-refractivity contribution is 5.48. The second-order valence-corrected chi connectivity index (χ2v) is 4.64. The van der Waals surface area contributed by atoms with E-state index in [4.69, 9.17) is 4.74 Å². The molecule has 0 spiro atoms. The number of nitrogens with one attached hydrogen (secondary N) is 1. The summed E-state index contributed by atoms with van der Waals surface area (Å²) in [6.07, 6.45) is 1.65. The summed E-state index contributed by atoms with van der Waals surface area (Å²) in [6, 6.07) is 9.76. The van der Waals surface area contributed by atoms with Gasteiger partial charge in [0.2, 0.25) is 0 Å². The first-order valence-corrected chi connectivity index (χ1v) is 6.63. The minimum Gasteiger partial charge on any atom is -0.489 e. The van der Waals surface area contributed by atoms with Gasteiger partial charge in [0.1, 0.15) is 24.0 Å². The second kappa shape index (κ2) is 6.88. The molecular formula is C17H17F2NO. The summed E-state index contributed by atoms with van der Waals surface area (Å²) in [6.45, 7) is 5.86. The van der Waals surface area contributed by atoms with E-state index in [-0.39, 0.29) is 11.3 Å². The molecule has 1 N–H and O–H groups in total. The van der Waals surface area contributed by atoms with Crippen molar-refractivity contribution in [2.45, 2.75) is 13.5 Å². The highest BCUT2D eigenvalue weighted by Gasteiger charge is 2.08. The quantitative estimate of drug-likeness (QED) is 0.793. The van der Waals surface area contributed by atoms with Crippen molar-refractivity contribution >= 4 is 5.69 Å². The zero-order valence-corrected chi connectivity index (χ0v) is 11.8. The summed E-state index contributed by atoms with van der Waals surface area (Å²) in [5.41, 5.74) is 1.28. The topological polar surface area (TPSA) is 21.3 Å². The van der Waals surface area contributed by atoms with Crippen molar-refractivity contribution in [3.8, 4) is 5.75 Å². The maximum Gasteiger partial charge on any atom is 0.146 e. The van der Waals surface area contributed by atoms with Gasteiger partial charge in [-0.3, -0.25) is 0 Å². The molecule has 4 heteroatoms. The molecule has 0 saturated carbocycles. The molecule has 0 saturated heterocycles. The van der Waals surface area contributed by atoms with Gasteiger partial charge in [0.15, 0.2) is 0 Å². The Labute approximate surface area is 123 Å². The van der Waals surface area contributed by atoms with Crippen molar-refractivity contribution < 1.29 is 13.5 Å². The molecule has 2 nitrogen and oxygen atoms in total. The Hall–Kier alpha value is -2.36. The number of anilines is 1. The van der Waals surface area contributed by atoms with E-state index in [9.17, 15) is 8.78 Å². The van der Waals surface area contributed by atoms with Crippen molar-refractivity contribution in [3.05, 3.63) is 71.8 Å². The monoisotopic (exact) mass is 289 g/mol. The fourth-order valence-corrected chi connectivity index (χ4v) is 1.91. The average Bonchev–Trinajstić information content (AvgIpc) is 2.48. The van der Waals surface area contributed by atoms with Crippen molar-refractivity contribution in [1.29, 1.82) is 0 Å². The molecule has 0 unspecified atom stereocenters. The lowest BCUT2D eigenvalue weighted by atomic mass is 10.1. The van der Waals surface area contributed by atoms with Crippen LogP contribution in [0.4, 0.5) is 14.5 Å². The van der Waals surface area contributed by atoms with Crippen LogP contribution in [-0.4, -0.2) is 6.61 Å². The molecule has 0 aliphatic heterocycles. The van der Waals surface area contributed by atoms with E-state index >= 15 is 0 Å². The van der Waals surface area contributed by atoms with E-state index in [0.717, 1.165) is 11.6 Å². The molecule has 0 atom stereocenters. The smallest absolute Gasteiger partial charge is 0.146 e. The summed E-state index contributed by atoms with van der Waals surface area (Å²) < 4.78 is 32.8. The highest BCUT2D eigenvalue weighted by atomic mass is 19.1. The third kappa shape index (κ3) is 3.81. The van der Waals surface area contributed by atoms with Crippen LogP contribution < -0.4 is 10.1 Å². The van der Waals surface area contributed by atoms with Crippen molar-refractivity contribution in [1.82, 2.24) is 0 Å². The molecule has 0 bridgehead atoms. The van der Waals surface area contributed by atoms with Gasteiger partial charge in [0.05, 0.1) is 5.69 Å². The molecule has 21 heavy (non-hydrogen) atoms. The van der Waals surface area contributed by atoms with Crippen LogP contribution in [0.2, 0.25) is 0 Å². The third-order valence-electron chi connectivity index (χ3n) is 3.05. The maximum atomic E-state index is 13.8. The van der Waals surface area contributed by atoms with Crippen molar-refractivity contribution in [3.63, 3.8) is 0 Å². The van der Waals surface area contributed by atoms with Crippen LogP contribution in [0.5, 0.6) is 5.75 Å². The molecule has 110 valence electrons. The zero-order chi connectivity index (χ0) is 15.2. The molecule has 0 amide bonds. The van der Waals surface area contributed by atoms with Gasteiger partial charge in [-0.25, -0.2) is 8.78 Å². The highest BCUT2D eigenvalue weighted by Crippen LogP contribution is 2.22. The Morgan fingerprint density at radius 3 is 2.71 bits per heavy atom. The summed E-state index contributed by atoms with van der Waals surface area (Å²) in [7, 11) is 0. The lowest BCUT2D eigenvalue weighted by Gasteiger charge is -2.13. The van der Waals surface area contributed by atoms with Gasteiger partial charge < -0.3 is 10.1 Å². The van der Waals surface area contributed by atoms with Crippen LogP contribution in [0, 0.1) is 18.6 Å². The van der Waals surface area contributed by atoms with Gasteiger partial charge in [0, 0.05) is 18.2 Å². The van der Waals surface area contributed by atoms with E-state index in [0.29, 0.717) is 18.9 Å². The Kier molecular flexibility index (Phi) is 4.93. The molecule has 0 fully saturated rings. The van der Waals surface area contributed by atoms with Gasteiger partial charge in [-0.1, -0.05) is 30.9 Å². The Morgan fingerprint density at radius 2 is 1.95 bits per heavy atom. The standard InChI is InChI=1S/C17H17F2NO/c1-3-8-21-17-7-5-4-6-13(17)11-20-16-10-14(18)12(2)9-15(16)19/h3-7,9-10,20H,1,8,11H2,2H3. The first kappa shape index (κ1) is 15.0. The van der Waals surface area contributed by atoms with Gasteiger partial charge in [-0.15, -0.1) is 0 Å². The number of para-hydroxylation sites is 1. The molecule has 2 aromatic rings. The molecule has 0 aromatic heterocycles. The van der Waals surface area contributed by atoms with E-state index in [2.05, 4.69) is 11.9 Å². The zero-order valence-electron chi connectivity index (χ0n) is 11.8. The molecule has 2 aromatic carbocycles. The third-order valence-corrected chi connectivity index (χ3v) is 3.05. The van der Waals surface area contributed by atoms with Crippen LogP contribution in [0.15, 0.2) is 49.1 Å². The van der Waals surface area contributed by atoms with E-state index in [1.54, 1.807) is 6.08 Å². The predicted octanol–water partition coefficient (Wildman–Crippen LogP) is 4.45. The van der Waals surface area contributed by atoms with E-state index < -0.39 is 11.6 Å². The first-order chi connectivity index (χ1) is 10.1. The van der Waals surface area contributed by atoms with Gasteiger partial charge in [-0.05, 0) is 24.6 Å². The van der Waals surface area contributed by atoms with Crippen LogP contribution >= 0.6 is 0 Å². The van der Waals surface area contributed by atoms with E-state index in [1.165, 1.54) is 13.0 Å². The molecule has 0 aliphatic carbocycles. The molecular weight excluding hydrogens is 272 g/mol. The first-order valence-electron chi connectivity index (χ1n) is 6.63. The predicted molar refractivity (Wildman–Crippen MR) is 80.6 cm³/mol. The fraction of sp³-hybridized carbons (Fsp3) is 0.176. The number of halogens is 2. The lowest BCUT2D eigenvalue weighted by Crippen LogP contribution is -2.05. The van der Waals surface area contributed by atoms with Crippen LogP contribution in [-0.2, 0) is 6.54 Å². The Morgan fingerprint density at radius 1 is 1.19 bits per heavy atom. The lowest BCUT2D eigenvalue weighted by molar-refractivity contribution is 0.359. The number of ether oxygens (including phenoxy) is 1.